The van der Waals surface area contributed by atoms with Gasteiger partial charge in [0.25, 0.3) is 0 Å². The Labute approximate surface area is 787 Å². The molecule has 136 heavy (non-hydrogen) atoms. The van der Waals surface area contributed by atoms with E-state index in [-0.39, 0.29) is 0 Å². The lowest BCUT2D eigenvalue weighted by atomic mass is 9.96. The van der Waals surface area contributed by atoms with E-state index in [0.717, 1.165) is 95.9 Å². The first kappa shape index (κ1) is 81.0. The van der Waals surface area contributed by atoms with Gasteiger partial charge in [-0.2, -0.15) is 0 Å². The monoisotopic (exact) mass is 1730 g/mol. The van der Waals surface area contributed by atoms with Gasteiger partial charge in [-0.25, -0.2) is 19.9 Å². The zero-order valence-corrected chi connectivity index (χ0v) is 74.2. The highest BCUT2D eigenvalue weighted by Gasteiger charge is 2.21. The molecule has 6 aromatic heterocycles. The number of para-hydroxylation sites is 8. The van der Waals surface area contributed by atoms with Crippen molar-refractivity contribution in [2.24, 2.45) is 0 Å². The molecule has 0 N–H and O–H groups in total. The molecule has 8 nitrogen and oxygen atoms in total. The van der Waals surface area contributed by atoms with Gasteiger partial charge in [-0.3, -0.25) is 0 Å². The Hall–Kier alpha value is -18.2. The van der Waals surface area contributed by atoms with E-state index in [1.165, 1.54) is 138 Å². The van der Waals surface area contributed by atoms with Gasteiger partial charge < -0.3 is 18.3 Å². The van der Waals surface area contributed by atoms with Crippen molar-refractivity contribution >= 4 is 87.2 Å². The second kappa shape index (κ2) is 35.6. The van der Waals surface area contributed by atoms with Crippen molar-refractivity contribution in [2.75, 3.05) is 0 Å². The van der Waals surface area contributed by atoms with Crippen LogP contribution in [-0.2, 0) is 0 Å². The maximum Gasteiger partial charge on any atom is 0.160 e. The first-order chi connectivity index (χ1) is 67.4. The smallest absolute Gasteiger partial charge is 0.160 e. The molecule has 638 valence electrons. The molecule has 6 heterocycles. The summed E-state index contributed by atoms with van der Waals surface area (Å²) >= 11 is 0. The fraction of sp³-hybridized carbons (Fsp3) is 0. The molecule has 0 atom stereocenters. The molecule has 0 bridgehead atoms. The summed E-state index contributed by atoms with van der Waals surface area (Å²) in [5.41, 5.74) is 36.2. The normalized spacial score (nSPS) is 11.4. The molecule has 0 unspecified atom stereocenters. The Morgan fingerprint density at radius 1 is 0.110 bits per heavy atom. The first-order valence-electron chi connectivity index (χ1n) is 46.2. The summed E-state index contributed by atoms with van der Waals surface area (Å²) in [6.45, 7) is 0. The van der Waals surface area contributed by atoms with Crippen LogP contribution >= 0.6 is 0 Å². The highest BCUT2D eigenvalue weighted by Crippen LogP contribution is 2.42. The second-order valence-corrected chi connectivity index (χ2v) is 34.4. The minimum atomic E-state index is 0.720. The average Bonchev–Trinajstić information content (AvgIpc) is 1.61. The number of benzene rings is 20. The van der Waals surface area contributed by atoms with Crippen molar-refractivity contribution in [1.82, 2.24) is 38.2 Å². The Morgan fingerprint density at radius 2 is 0.272 bits per heavy atom. The van der Waals surface area contributed by atoms with E-state index in [9.17, 15) is 0 Å². The van der Waals surface area contributed by atoms with Crippen LogP contribution in [0.15, 0.2) is 522 Å². The standard InChI is InChI=1S/C48H32N2.2C40H27N3/c1-5-19-45-41(15-1)42-16-2-6-20-46(42)49(45)39-27-23-33(24-28-39)35-11-9-13-37(31-35)38-14-10-12-36(32-38)34-25-29-40(30-26-34)50-47-21-7-3-17-43(47)44-18-4-8-22-48(44)50;1-3-12-29(13-4-1)36-27-37(42-40(41-36)30-14-5-2-6-15-30)32-17-11-16-31(26-32)28-22-24-33(25-23-28)43-38-20-9-7-18-34(38)35-19-8-10-21-39(35)43;1-3-11-30(12-4-1)36-27-37(42-40(41-36)32-13-5-2-6-14-32)31-21-19-28(20-22-31)29-23-25-33(26-24-29)43-38-17-9-7-15-34(38)35-16-8-10-18-39(35)43/h1-32H;2*1-27H. The number of rotatable bonds is 15. The van der Waals surface area contributed by atoms with Crippen molar-refractivity contribution in [3.05, 3.63) is 522 Å². The topological polar surface area (TPSA) is 71.3 Å². The van der Waals surface area contributed by atoms with Gasteiger partial charge in [0, 0.05) is 99.2 Å². The molecule has 0 aliphatic rings. The predicted molar refractivity (Wildman–Crippen MR) is 568 cm³/mol. The summed E-state index contributed by atoms with van der Waals surface area (Å²) in [5.74, 6) is 1.44. The Morgan fingerprint density at radius 3 is 0.522 bits per heavy atom. The Balaban J connectivity index is 0.000000112. The third-order valence-electron chi connectivity index (χ3n) is 26.2. The van der Waals surface area contributed by atoms with Crippen LogP contribution in [0.25, 0.3) is 233 Å². The van der Waals surface area contributed by atoms with Gasteiger partial charge in [0.1, 0.15) is 0 Å². The van der Waals surface area contributed by atoms with E-state index < -0.39 is 0 Å². The predicted octanol–water partition coefficient (Wildman–Crippen LogP) is 33.4. The summed E-state index contributed by atoms with van der Waals surface area (Å²) in [4.78, 5) is 19.9. The molecule has 0 radical (unpaired) electrons. The summed E-state index contributed by atoms with van der Waals surface area (Å²) in [7, 11) is 0. The lowest BCUT2D eigenvalue weighted by Crippen LogP contribution is -1.96. The number of fused-ring (bicyclic) bond motifs is 12. The van der Waals surface area contributed by atoms with Crippen molar-refractivity contribution < 1.29 is 0 Å². The van der Waals surface area contributed by atoms with Crippen molar-refractivity contribution in [3.8, 4) is 146 Å². The number of hydrogen-bond acceptors (Lipinski definition) is 4. The van der Waals surface area contributed by atoms with Crippen LogP contribution in [0.4, 0.5) is 0 Å². The second-order valence-electron chi connectivity index (χ2n) is 34.4. The van der Waals surface area contributed by atoms with E-state index in [2.05, 4.69) is 467 Å². The molecule has 20 aromatic carbocycles. The van der Waals surface area contributed by atoms with Crippen LogP contribution in [0, 0.1) is 0 Å². The van der Waals surface area contributed by atoms with Crippen LogP contribution < -0.4 is 0 Å². The quantitative estimate of drug-likeness (QED) is 0.103. The average molecular weight is 1740 g/mol. The van der Waals surface area contributed by atoms with Crippen molar-refractivity contribution in [2.45, 2.75) is 0 Å². The van der Waals surface area contributed by atoms with E-state index in [0.29, 0.717) is 0 Å². The van der Waals surface area contributed by atoms with E-state index in [1.807, 2.05) is 72.8 Å². The highest BCUT2D eigenvalue weighted by atomic mass is 15.0. The largest absolute Gasteiger partial charge is 0.309 e. The molecule has 8 heteroatoms. The van der Waals surface area contributed by atoms with Crippen LogP contribution in [0.1, 0.15) is 0 Å². The third kappa shape index (κ3) is 15.5. The van der Waals surface area contributed by atoms with Crippen LogP contribution in [0.5, 0.6) is 0 Å². The zero-order chi connectivity index (χ0) is 90.2. The minimum absolute atomic E-state index is 0.720. The van der Waals surface area contributed by atoms with Gasteiger partial charge in [-0.05, 0) is 183 Å². The molecule has 0 amide bonds. The third-order valence-corrected chi connectivity index (χ3v) is 26.2. The molecule has 0 spiro atoms. The number of nitrogens with zero attached hydrogens (tertiary/aromatic N) is 8. The minimum Gasteiger partial charge on any atom is -0.309 e. The van der Waals surface area contributed by atoms with Crippen LogP contribution in [-0.4, -0.2) is 38.2 Å². The van der Waals surface area contributed by atoms with Gasteiger partial charge in [-0.15, -0.1) is 0 Å². The molecule has 0 fully saturated rings. The Bertz CT molecular complexity index is 8380. The summed E-state index contributed by atoms with van der Waals surface area (Å²) in [5, 5.41) is 10.2. The van der Waals surface area contributed by atoms with E-state index >= 15 is 0 Å². The van der Waals surface area contributed by atoms with E-state index in [4.69, 9.17) is 19.9 Å². The van der Waals surface area contributed by atoms with Gasteiger partial charge >= 0.3 is 0 Å². The fourth-order valence-corrected chi connectivity index (χ4v) is 19.6. The molecule has 26 rings (SSSR count). The van der Waals surface area contributed by atoms with E-state index in [1.54, 1.807) is 0 Å². The van der Waals surface area contributed by atoms with Gasteiger partial charge in [0.05, 0.1) is 66.9 Å². The summed E-state index contributed by atoms with van der Waals surface area (Å²) < 4.78 is 9.43. The molecular formula is C128H86N8. The molecular weight excluding hydrogens is 1650 g/mol. The lowest BCUT2D eigenvalue weighted by molar-refractivity contribution is 1.18. The van der Waals surface area contributed by atoms with Gasteiger partial charge in [-0.1, -0.05) is 394 Å². The summed E-state index contributed by atoms with van der Waals surface area (Å²) in [6, 6.07) is 185. The maximum absolute atomic E-state index is 5.03. The molecule has 26 aromatic rings. The van der Waals surface area contributed by atoms with Gasteiger partial charge in [0.15, 0.2) is 11.6 Å². The molecule has 0 saturated heterocycles. The lowest BCUT2D eigenvalue weighted by Gasteiger charge is -2.11. The summed E-state index contributed by atoms with van der Waals surface area (Å²) in [6.07, 6.45) is 0. The molecule has 0 aliphatic heterocycles. The van der Waals surface area contributed by atoms with Gasteiger partial charge in [0.2, 0.25) is 0 Å². The highest BCUT2D eigenvalue weighted by molar-refractivity contribution is 6.13. The molecule has 0 saturated carbocycles. The van der Waals surface area contributed by atoms with Crippen molar-refractivity contribution in [1.29, 1.82) is 0 Å². The number of hydrogen-bond donors (Lipinski definition) is 0. The fourth-order valence-electron chi connectivity index (χ4n) is 19.6. The van der Waals surface area contributed by atoms with Crippen LogP contribution in [0.2, 0.25) is 0 Å². The SMILES string of the molecule is c1cc(-c2ccc(-n3c4ccccc4c4ccccc43)cc2)cc(-c2cccc(-c3ccc(-n4c5ccccc5c5ccccc54)cc3)c2)c1.c1ccc(-c2cc(-c3ccc(-c4ccc(-n5c6ccccc6c6ccccc65)cc4)cc3)nc(-c3ccccc3)n2)cc1.c1ccc(-c2cc(-c3cccc(-c4ccc(-n5c6ccccc6c6ccccc65)cc4)c3)nc(-c3ccccc3)n2)cc1. The zero-order valence-electron chi connectivity index (χ0n) is 74.2. The van der Waals surface area contributed by atoms with Crippen LogP contribution in [0.3, 0.4) is 0 Å². The Kier molecular flexibility index (Phi) is 21.2. The maximum atomic E-state index is 5.03. The number of aromatic nitrogens is 8. The molecule has 0 aliphatic carbocycles. The van der Waals surface area contributed by atoms with Crippen molar-refractivity contribution in [3.63, 3.8) is 0 Å². The first-order valence-corrected chi connectivity index (χ1v) is 46.2.